The SMILES string of the molecule is CC(=O)O[C@@H]1C2=CC3=CC[C@]4(C)[C@@H](O[Si](C)(C)C(C)(C)C)CC[C@H]4[C@@]34CCC2(C[C@H](N(C)C)[C@H]1C)O4. The van der Waals surface area contributed by atoms with E-state index in [-0.39, 0.29) is 45.8 Å². The van der Waals surface area contributed by atoms with Crippen molar-refractivity contribution in [3.63, 3.8) is 0 Å². The molecule has 2 spiro atoms. The highest BCUT2D eigenvalue weighted by Gasteiger charge is 2.69. The third-order valence-corrected chi connectivity index (χ3v) is 15.8. The van der Waals surface area contributed by atoms with E-state index < -0.39 is 8.32 Å². The minimum Gasteiger partial charge on any atom is -0.458 e. The zero-order chi connectivity index (χ0) is 26.5. The minimum atomic E-state index is -1.87. The fourth-order valence-electron chi connectivity index (χ4n) is 8.26. The number of hydrogen-bond acceptors (Lipinski definition) is 5. The van der Waals surface area contributed by atoms with Crippen LogP contribution in [-0.4, -0.2) is 62.7 Å². The molecule has 2 bridgehead atoms. The number of allylic oxidation sites excluding steroid dienone is 1. The number of carbonyl (C=O) groups excluding carboxylic acids is 1. The molecule has 0 amide bonds. The van der Waals surface area contributed by atoms with Crippen LogP contribution in [0.3, 0.4) is 0 Å². The first-order chi connectivity index (χ1) is 16.6. The molecule has 0 aromatic heterocycles. The third-order valence-electron chi connectivity index (χ3n) is 11.3. The van der Waals surface area contributed by atoms with Crippen LogP contribution in [0.5, 0.6) is 0 Å². The molecule has 3 fully saturated rings. The Balaban J connectivity index is 1.54. The quantitative estimate of drug-likeness (QED) is 0.327. The van der Waals surface area contributed by atoms with Crippen molar-refractivity contribution < 1.29 is 18.7 Å². The van der Waals surface area contributed by atoms with Crippen LogP contribution in [0, 0.1) is 17.3 Å². The smallest absolute Gasteiger partial charge is 0.303 e. The summed E-state index contributed by atoms with van der Waals surface area (Å²) in [6.45, 7) is 18.0. The van der Waals surface area contributed by atoms with Crippen molar-refractivity contribution in [2.24, 2.45) is 17.3 Å². The maximum absolute atomic E-state index is 12.2. The monoisotopic (exact) mass is 515 g/mol. The van der Waals surface area contributed by atoms with Crippen LogP contribution in [0.15, 0.2) is 23.3 Å². The summed E-state index contributed by atoms with van der Waals surface area (Å²) in [5.41, 5.74) is 2.07. The van der Waals surface area contributed by atoms with E-state index in [0.717, 1.165) is 38.5 Å². The largest absolute Gasteiger partial charge is 0.458 e. The third kappa shape index (κ3) is 3.68. The highest BCUT2D eigenvalue weighted by Crippen LogP contribution is 2.67. The Bertz CT molecular complexity index is 995. The van der Waals surface area contributed by atoms with E-state index >= 15 is 0 Å². The van der Waals surface area contributed by atoms with Gasteiger partial charge in [0.15, 0.2) is 8.32 Å². The standard InChI is InChI=1S/C30H49NO4Si/c1-19-23(31(7)8)18-29-15-16-30(35-29)21(17-22(29)26(19)33-20(2)32)13-14-28(6)24(30)11-12-25(28)34-36(9,10)27(3,4)5/h13,17,19,23-26H,11-12,14-16,18H2,1-10H3/t19-,23+,24-,25+,26+,28+,29?,30-/m1/s1. The van der Waals surface area contributed by atoms with Gasteiger partial charge in [-0.15, -0.1) is 0 Å². The Morgan fingerprint density at radius 3 is 2.50 bits per heavy atom. The first kappa shape index (κ1) is 26.6. The molecule has 36 heavy (non-hydrogen) atoms. The highest BCUT2D eigenvalue weighted by atomic mass is 28.4. The van der Waals surface area contributed by atoms with E-state index in [1.54, 1.807) is 0 Å². The van der Waals surface area contributed by atoms with Crippen LogP contribution in [0.2, 0.25) is 18.1 Å². The molecule has 5 aliphatic rings. The van der Waals surface area contributed by atoms with E-state index in [4.69, 9.17) is 13.9 Å². The van der Waals surface area contributed by atoms with Crippen molar-refractivity contribution in [1.82, 2.24) is 4.90 Å². The van der Waals surface area contributed by atoms with Crippen molar-refractivity contribution in [3.8, 4) is 0 Å². The van der Waals surface area contributed by atoms with Gasteiger partial charge in [0.25, 0.3) is 0 Å². The molecule has 0 radical (unpaired) electrons. The molecule has 1 unspecified atom stereocenters. The number of rotatable bonds is 4. The molecule has 2 heterocycles. The van der Waals surface area contributed by atoms with Crippen molar-refractivity contribution in [2.45, 2.75) is 128 Å². The summed E-state index contributed by atoms with van der Waals surface area (Å²) in [5, 5.41) is 0.206. The van der Waals surface area contributed by atoms with Gasteiger partial charge in [0, 0.05) is 35.8 Å². The van der Waals surface area contributed by atoms with Gasteiger partial charge in [0.1, 0.15) is 6.10 Å². The molecular weight excluding hydrogens is 466 g/mol. The molecule has 1 saturated heterocycles. The lowest BCUT2D eigenvalue weighted by molar-refractivity contribution is -0.172. The van der Waals surface area contributed by atoms with Crippen LogP contribution >= 0.6 is 0 Å². The normalized spacial score (nSPS) is 43.9. The maximum Gasteiger partial charge on any atom is 0.303 e. The van der Waals surface area contributed by atoms with Crippen molar-refractivity contribution in [1.29, 1.82) is 0 Å². The molecule has 0 N–H and O–H groups in total. The molecule has 3 aliphatic carbocycles. The zero-order valence-corrected chi connectivity index (χ0v) is 25.4. The van der Waals surface area contributed by atoms with Crippen LogP contribution in [-0.2, 0) is 18.7 Å². The average Bonchev–Trinajstić information content (AvgIpc) is 3.24. The van der Waals surface area contributed by atoms with Crippen LogP contribution in [0.25, 0.3) is 0 Å². The van der Waals surface area contributed by atoms with Gasteiger partial charge in [-0.1, -0.05) is 46.8 Å². The van der Waals surface area contributed by atoms with Crippen LogP contribution < -0.4 is 0 Å². The van der Waals surface area contributed by atoms with Gasteiger partial charge >= 0.3 is 5.97 Å². The van der Waals surface area contributed by atoms with Crippen LogP contribution in [0.4, 0.5) is 0 Å². The molecule has 0 aromatic rings. The summed E-state index contributed by atoms with van der Waals surface area (Å²) >= 11 is 0. The fourth-order valence-corrected chi connectivity index (χ4v) is 9.71. The maximum atomic E-state index is 12.2. The van der Waals surface area contributed by atoms with Gasteiger partial charge in [0.2, 0.25) is 0 Å². The van der Waals surface area contributed by atoms with Gasteiger partial charge in [-0.05, 0) is 76.3 Å². The van der Waals surface area contributed by atoms with E-state index in [0.29, 0.717) is 12.0 Å². The Morgan fingerprint density at radius 2 is 1.89 bits per heavy atom. The van der Waals surface area contributed by atoms with Crippen molar-refractivity contribution >= 4 is 14.3 Å². The minimum absolute atomic E-state index is 0.0914. The van der Waals surface area contributed by atoms with Gasteiger partial charge in [-0.25, -0.2) is 0 Å². The number of fused-ring (bicyclic) bond motifs is 1. The molecule has 2 aliphatic heterocycles. The van der Waals surface area contributed by atoms with Crippen LogP contribution in [0.1, 0.15) is 80.1 Å². The number of esters is 1. The molecule has 6 heteroatoms. The fraction of sp³-hybridized carbons (Fsp3) is 0.833. The van der Waals surface area contributed by atoms with Gasteiger partial charge in [-0.3, -0.25) is 4.79 Å². The number of ether oxygens (including phenoxy) is 2. The van der Waals surface area contributed by atoms with Gasteiger partial charge in [-0.2, -0.15) is 0 Å². The summed E-state index contributed by atoms with van der Waals surface area (Å²) in [7, 11) is 2.42. The summed E-state index contributed by atoms with van der Waals surface area (Å²) < 4.78 is 20.6. The second kappa shape index (κ2) is 8.27. The lowest BCUT2D eigenvalue weighted by Crippen LogP contribution is -2.60. The predicted molar refractivity (Wildman–Crippen MR) is 146 cm³/mol. The predicted octanol–water partition coefficient (Wildman–Crippen LogP) is 6.25. The number of nitrogens with zero attached hydrogens (tertiary/aromatic N) is 1. The highest BCUT2D eigenvalue weighted by molar-refractivity contribution is 6.74. The van der Waals surface area contributed by atoms with E-state index in [2.05, 4.69) is 78.9 Å². The number of carbonyl (C=O) groups is 1. The summed E-state index contributed by atoms with van der Waals surface area (Å²) in [5.74, 6) is 0.478. The molecule has 2 saturated carbocycles. The molecule has 5 nitrogen and oxygen atoms in total. The van der Waals surface area contributed by atoms with Crippen molar-refractivity contribution in [2.75, 3.05) is 14.1 Å². The Morgan fingerprint density at radius 1 is 1.19 bits per heavy atom. The molecule has 5 rings (SSSR count). The molecule has 0 aromatic carbocycles. The molecule has 202 valence electrons. The lowest BCUT2D eigenvalue weighted by atomic mass is 9.60. The van der Waals surface area contributed by atoms with E-state index in [1.165, 1.54) is 18.1 Å². The second-order valence-electron chi connectivity index (χ2n) is 14.6. The average molecular weight is 516 g/mol. The number of hydrogen-bond donors (Lipinski definition) is 0. The zero-order valence-electron chi connectivity index (χ0n) is 24.4. The first-order valence-electron chi connectivity index (χ1n) is 14.2. The van der Waals surface area contributed by atoms with Gasteiger partial charge in [0.05, 0.1) is 17.3 Å². The summed E-state index contributed by atoms with van der Waals surface area (Å²) in [4.78, 5) is 14.5. The van der Waals surface area contributed by atoms with Crippen molar-refractivity contribution in [3.05, 3.63) is 23.3 Å². The summed E-state index contributed by atoms with van der Waals surface area (Å²) in [6.07, 6.45) is 11.3. The lowest BCUT2D eigenvalue weighted by Gasteiger charge is -2.57. The Hall–Kier alpha value is -0.953. The Labute approximate surface area is 220 Å². The van der Waals surface area contributed by atoms with E-state index in [1.807, 2.05) is 0 Å². The summed E-state index contributed by atoms with van der Waals surface area (Å²) in [6, 6.07) is 0.306. The Kier molecular flexibility index (Phi) is 6.12. The molecule has 8 atom stereocenters. The second-order valence-corrected chi connectivity index (χ2v) is 19.3. The topological polar surface area (TPSA) is 48.0 Å². The first-order valence-corrected chi connectivity index (χ1v) is 17.1. The molecular formula is C30H49NO4Si. The van der Waals surface area contributed by atoms with Gasteiger partial charge < -0.3 is 18.8 Å². The van der Waals surface area contributed by atoms with E-state index in [9.17, 15) is 4.79 Å².